The summed E-state index contributed by atoms with van der Waals surface area (Å²) in [6.45, 7) is 3.19. The van der Waals surface area contributed by atoms with Crippen LogP contribution in [0.4, 0.5) is 5.69 Å². The van der Waals surface area contributed by atoms with E-state index in [0.29, 0.717) is 6.04 Å². The molecule has 1 heterocycles. The van der Waals surface area contributed by atoms with Gasteiger partial charge in [-0.05, 0) is 56.6 Å². The summed E-state index contributed by atoms with van der Waals surface area (Å²) in [7, 11) is 1.67. The normalized spacial score (nSPS) is 23.1. The molecular formula is C21H31N3O2. The van der Waals surface area contributed by atoms with Gasteiger partial charge in [0.2, 0.25) is 5.91 Å². The molecule has 142 valence electrons. The van der Waals surface area contributed by atoms with Crippen LogP contribution in [0.1, 0.15) is 44.9 Å². The second-order valence-electron chi connectivity index (χ2n) is 8.28. The maximum absolute atomic E-state index is 13.1. The van der Waals surface area contributed by atoms with Gasteiger partial charge in [0.15, 0.2) is 0 Å². The zero-order chi connectivity index (χ0) is 18.0. The topological polar surface area (TPSA) is 53.6 Å². The summed E-state index contributed by atoms with van der Waals surface area (Å²) in [4.78, 5) is 15.7. The van der Waals surface area contributed by atoms with Crippen molar-refractivity contribution < 1.29 is 9.53 Å². The average molecular weight is 357 g/mol. The molecular weight excluding hydrogens is 326 g/mol. The summed E-state index contributed by atoms with van der Waals surface area (Å²) in [5, 5.41) is 6.83. The van der Waals surface area contributed by atoms with Crippen LogP contribution in [0, 0.1) is 5.92 Å². The highest BCUT2D eigenvalue weighted by molar-refractivity contribution is 5.90. The lowest BCUT2D eigenvalue weighted by molar-refractivity contribution is -0.127. The maximum atomic E-state index is 13.1. The Balaban J connectivity index is 1.45. The van der Waals surface area contributed by atoms with E-state index < -0.39 is 5.54 Å². The van der Waals surface area contributed by atoms with E-state index in [4.69, 9.17) is 4.74 Å². The van der Waals surface area contributed by atoms with Gasteiger partial charge in [0, 0.05) is 37.4 Å². The molecule has 1 aromatic carbocycles. The minimum absolute atomic E-state index is 0.172. The lowest BCUT2D eigenvalue weighted by atomic mass is 9.82. The second kappa shape index (κ2) is 7.47. The lowest BCUT2D eigenvalue weighted by Gasteiger charge is -2.43. The Bertz CT molecular complexity index is 632. The summed E-state index contributed by atoms with van der Waals surface area (Å²) in [5.74, 6) is 1.87. The van der Waals surface area contributed by atoms with Gasteiger partial charge in [-0.15, -0.1) is 0 Å². The molecule has 1 amide bonds. The molecule has 5 heteroatoms. The Hall–Kier alpha value is -1.75. The quantitative estimate of drug-likeness (QED) is 0.788. The van der Waals surface area contributed by atoms with E-state index in [1.54, 1.807) is 7.11 Å². The van der Waals surface area contributed by atoms with Crippen molar-refractivity contribution in [1.82, 2.24) is 10.2 Å². The number of anilines is 1. The summed E-state index contributed by atoms with van der Waals surface area (Å²) in [6, 6.07) is 8.30. The van der Waals surface area contributed by atoms with Crippen LogP contribution >= 0.6 is 0 Å². The molecule has 0 unspecified atom stereocenters. The monoisotopic (exact) mass is 357 g/mol. The lowest BCUT2D eigenvalue weighted by Crippen LogP contribution is -2.59. The van der Waals surface area contributed by atoms with Crippen molar-refractivity contribution in [3.8, 4) is 5.75 Å². The molecule has 1 saturated heterocycles. The third kappa shape index (κ3) is 3.98. The Morgan fingerprint density at radius 1 is 1.23 bits per heavy atom. The molecule has 2 N–H and O–H groups in total. The van der Waals surface area contributed by atoms with Gasteiger partial charge in [0.05, 0.1) is 7.11 Å². The van der Waals surface area contributed by atoms with Gasteiger partial charge in [-0.1, -0.05) is 12.5 Å². The van der Waals surface area contributed by atoms with Crippen LogP contribution in [-0.4, -0.2) is 49.1 Å². The van der Waals surface area contributed by atoms with E-state index in [9.17, 15) is 4.79 Å². The predicted octanol–water partition coefficient (Wildman–Crippen LogP) is 3.02. The fraction of sp³-hybridized carbons (Fsp3) is 0.667. The van der Waals surface area contributed by atoms with Crippen molar-refractivity contribution in [2.75, 3.05) is 32.1 Å². The first-order chi connectivity index (χ1) is 12.7. The molecule has 0 atom stereocenters. The maximum Gasteiger partial charge on any atom is 0.245 e. The molecule has 0 spiro atoms. The Morgan fingerprint density at radius 3 is 2.62 bits per heavy atom. The third-order valence-corrected chi connectivity index (χ3v) is 6.25. The van der Waals surface area contributed by atoms with Gasteiger partial charge in [-0.2, -0.15) is 0 Å². The van der Waals surface area contributed by atoms with Crippen LogP contribution in [0.3, 0.4) is 0 Å². The number of ether oxygens (including phenoxy) is 1. The van der Waals surface area contributed by atoms with Crippen LogP contribution < -0.4 is 15.4 Å². The number of amides is 1. The molecule has 2 aliphatic carbocycles. The number of hydrogen-bond acceptors (Lipinski definition) is 4. The summed E-state index contributed by atoms with van der Waals surface area (Å²) < 4.78 is 5.34. The first kappa shape index (κ1) is 17.7. The minimum Gasteiger partial charge on any atom is -0.497 e. The van der Waals surface area contributed by atoms with Gasteiger partial charge in [0.25, 0.3) is 0 Å². The molecule has 1 aromatic rings. The van der Waals surface area contributed by atoms with Gasteiger partial charge in [-0.25, -0.2) is 0 Å². The molecule has 0 radical (unpaired) electrons. The molecule has 0 aromatic heterocycles. The molecule has 1 aliphatic heterocycles. The highest BCUT2D eigenvalue weighted by Crippen LogP contribution is 2.33. The zero-order valence-electron chi connectivity index (χ0n) is 15.8. The Kier molecular flexibility index (Phi) is 5.07. The standard InChI is InChI=1S/C21H31N3O2/c1-26-19-7-3-6-18(14-19)23-21(20(25)22-17-8-9-17)10-12-24(13-11-21)15-16-4-2-5-16/h3,6-7,14,16-17,23H,2,4-5,8-13,15H2,1H3,(H,22,25). The summed E-state index contributed by atoms with van der Waals surface area (Å²) in [5.41, 5.74) is 0.452. The summed E-state index contributed by atoms with van der Waals surface area (Å²) in [6.07, 6.45) is 8.11. The van der Waals surface area contributed by atoms with Gasteiger partial charge in [0.1, 0.15) is 11.3 Å². The van der Waals surface area contributed by atoms with Crippen molar-refractivity contribution in [2.45, 2.75) is 56.5 Å². The molecule has 3 aliphatic rings. The first-order valence-corrected chi connectivity index (χ1v) is 10.1. The van der Waals surface area contributed by atoms with Gasteiger partial charge < -0.3 is 20.3 Å². The van der Waals surface area contributed by atoms with Crippen molar-refractivity contribution in [1.29, 1.82) is 0 Å². The number of carbonyl (C=O) groups excluding carboxylic acids is 1. The molecule has 4 rings (SSSR count). The predicted molar refractivity (Wildman–Crippen MR) is 104 cm³/mol. The molecule has 3 fully saturated rings. The van der Waals surface area contributed by atoms with Gasteiger partial charge in [-0.3, -0.25) is 4.79 Å². The SMILES string of the molecule is COc1cccc(NC2(C(=O)NC3CC3)CCN(CC3CCC3)CC2)c1. The van der Waals surface area contributed by atoms with Gasteiger partial charge >= 0.3 is 0 Å². The van der Waals surface area contributed by atoms with Crippen LogP contribution in [-0.2, 0) is 4.79 Å². The minimum atomic E-state index is -0.509. The molecule has 2 saturated carbocycles. The van der Waals surface area contributed by atoms with Crippen molar-refractivity contribution >= 4 is 11.6 Å². The third-order valence-electron chi connectivity index (χ3n) is 6.25. The number of methoxy groups -OCH3 is 1. The van der Waals surface area contributed by atoms with Crippen molar-refractivity contribution in [3.05, 3.63) is 24.3 Å². The molecule has 0 bridgehead atoms. The number of benzene rings is 1. The number of nitrogens with zero attached hydrogens (tertiary/aromatic N) is 1. The number of nitrogens with one attached hydrogen (secondary N) is 2. The summed E-state index contributed by atoms with van der Waals surface area (Å²) >= 11 is 0. The second-order valence-corrected chi connectivity index (χ2v) is 8.28. The molecule has 26 heavy (non-hydrogen) atoms. The Morgan fingerprint density at radius 2 is 2.00 bits per heavy atom. The van der Waals surface area contributed by atoms with Crippen LogP contribution in [0.15, 0.2) is 24.3 Å². The van der Waals surface area contributed by atoms with E-state index >= 15 is 0 Å². The average Bonchev–Trinajstić information content (AvgIpc) is 3.43. The van der Waals surface area contributed by atoms with E-state index in [1.165, 1.54) is 25.8 Å². The van der Waals surface area contributed by atoms with Crippen LogP contribution in [0.5, 0.6) is 5.75 Å². The number of likely N-dealkylation sites (tertiary alicyclic amines) is 1. The van der Waals surface area contributed by atoms with Crippen molar-refractivity contribution in [3.63, 3.8) is 0 Å². The van der Waals surface area contributed by atoms with Crippen LogP contribution in [0.25, 0.3) is 0 Å². The zero-order valence-corrected chi connectivity index (χ0v) is 15.8. The first-order valence-electron chi connectivity index (χ1n) is 10.1. The largest absolute Gasteiger partial charge is 0.497 e. The highest BCUT2D eigenvalue weighted by Gasteiger charge is 2.43. The highest BCUT2D eigenvalue weighted by atomic mass is 16.5. The van der Waals surface area contributed by atoms with E-state index in [-0.39, 0.29) is 5.91 Å². The Labute approximate surface area is 156 Å². The smallest absolute Gasteiger partial charge is 0.245 e. The van der Waals surface area contributed by atoms with E-state index in [1.807, 2.05) is 24.3 Å². The number of hydrogen-bond donors (Lipinski definition) is 2. The number of carbonyl (C=O) groups is 1. The van der Waals surface area contributed by atoms with Crippen LogP contribution in [0.2, 0.25) is 0 Å². The van der Waals surface area contributed by atoms with Crippen molar-refractivity contribution in [2.24, 2.45) is 5.92 Å². The van der Waals surface area contributed by atoms with E-state index in [0.717, 1.165) is 56.1 Å². The fourth-order valence-electron chi connectivity index (χ4n) is 4.10. The number of rotatable bonds is 7. The number of piperidine rings is 1. The molecule has 5 nitrogen and oxygen atoms in total. The fourth-order valence-corrected chi connectivity index (χ4v) is 4.10. The van der Waals surface area contributed by atoms with E-state index in [2.05, 4.69) is 15.5 Å².